The summed E-state index contributed by atoms with van der Waals surface area (Å²) in [5, 5.41) is 0.251. The molecule has 0 aliphatic heterocycles. The fourth-order valence-corrected chi connectivity index (χ4v) is 2.95. The van der Waals surface area contributed by atoms with Crippen molar-refractivity contribution in [2.75, 3.05) is 13.2 Å². The van der Waals surface area contributed by atoms with Crippen molar-refractivity contribution < 1.29 is 14.0 Å². The second-order valence-electron chi connectivity index (χ2n) is 7.79. The van der Waals surface area contributed by atoms with E-state index in [-0.39, 0.29) is 11.0 Å². The Hall–Kier alpha value is -1.13. The Kier molecular flexibility index (Phi) is 7.48. The number of carbonyl (C=O) groups is 1. The molecule has 3 nitrogen and oxygen atoms in total. The highest BCUT2D eigenvalue weighted by Gasteiger charge is 2.36. The number of carbonyl (C=O) groups excluding carboxylic acids is 1. The van der Waals surface area contributed by atoms with Crippen molar-refractivity contribution in [1.82, 2.24) is 0 Å². The van der Waals surface area contributed by atoms with Crippen molar-refractivity contribution in [1.29, 1.82) is 0 Å². The predicted molar refractivity (Wildman–Crippen MR) is 98.3 cm³/mol. The number of ether oxygens (including phenoxy) is 1. The highest BCUT2D eigenvalue weighted by Crippen LogP contribution is 2.36. The molecule has 1 aromatic carbocycles. The van der Waals surface area contributed by atoms with Crippen LogP contribution in [0.2, 0.25) is 18.1 Å². The minimum atomic E-state index is -1.65. The van der Waals surface area contributed by atoms with E-state index in [2.05, 4.69) is 40.8 Å². The zero-order valence-electron chi connectivity index (χ0n) is 15.5. The SMILES string of the molecule is CC(CCOC(=O)c1ccccc1)CCO[Si](C)(C)C(C)(C)C. The molecule has 1 unspecified atom stereocenters. The van der Waals surface area contributed by atoms with Crippen LogP contribution in [0.3, 0.4) is 0 Å². The average Bonchev–Trinajstić information content (AvgIpc) is 2.46. The van der Waals surface area contributed by atoms with Crippen LogP contribution in [0.25, 0.3) is 0 Å². The van der Waals surface area contributed by atoms with Gasteiger partial charge in [0.15, 0.2) is 8.32 Å². The quantitative estimate of drug-likeness (QED) is 0.478. The Morgan fingerprint density at radius 2 is 1.65 bits per heavy atom. The van der Waals surface area contributed by atoms with Gasteiger partial charge in [0.25, 0.3) is 0 Å². The Morgan fingerprint density at radius 1 is 1.09 bits per heavy atom. The van der Waals surface area contributed by atoms with E-state index in [4.69, 9.17) is 9.16 Å². The summed E-state index contributed by atoms with van der Waals surface area (Å²) in [6, 6.07) is 9.13. The van der Waals surface area contributed by atoms with Gasteiger partial charge in [-0.05, 0) is 49.0 Å². The number of hydrogen-bond donors (Lipinski definition) is 0. The van der Waals surface area contributed by atoms with Crippen LogP contribution in [0.5, 0.6) is 0 Å². The Labute approximate surface area is 142 Å². The molecule has 0 saturated carbocycles. The molecule has 130 valence electrons. The van der Waals surface area contributed by atoms with Gasteiger partial charge in [0, 0.05) is 6.61 Å². The molecule has 0 fully saturated rings. The maximum Gasteiger partial charge on any atom is 0.338 e. The van der Waals surface area contributed by atoms with Crippen LogP contribution in [0.1, 0.15) is 50.9 Å². The van der Waals surface area contributed by atoms with Gasteiger partial charge in [-0.2, -0.15) is 0 Å². The van der Waals surface area contributed by atoms with E-state index in [0.29, 0.717) is 18.1 Å². The molecular weight excluding hydrogens is 304 g/mol. The van der Waals surface area contributed by atoms with Gasteiger partial charge in [0.05, 0.1) is 12.2 Å². The zero-order chi connectivity index (χ0) is 17.5. The summed E-state index contributed by atoms with van der Waals surface area (Å²) in [6.07, 6.45) is 1.88. The summed E-state index contributed by atoms with van der Waals surface area (Å²) in [5.41, 5.74) is 0.612. The first kappa shape index (κ1) is 19.9. The monoisotopic (exact) mass is 336 g/mol. The molecule has 1 aromatic rings. The highest BCUT2D eigenvalue weighted by molar-refractivity contribution is 6.74. The van der Waals surface area contributed by atoms with Gasteiger partial charge >= 0.3 is 5.97 Å². The van der Waals surface area contributed by atoms with Crippen LogP contribution in [0, 0.1) is 5.92 Å². The topological polar surface area (TPSA) is 35.5 Å². The number of rotatable bonds is 8. The molecule has 0 radical (unpaired) electrons. The average molecular weight is 337 g/mol. The lowest BCUT2D eigenvalue weighted by atomic mass is 10.1. The van der Waals surface area contributed by atoms with E-state index in [9.17, 15) is 4.79 Å². The van der Waals surface area contributed by atoms with Crippen molar-refractivity contribution in [2.45, 2.75) is 58.7 Å². The van der Waals surface area contributed by atoms with Gasteiger partial charge in [-0.3, -0.25) is 0 Å². The smallest absolute Gasteiger partial charge is 0.338 e. The van der Waals surface area contributed by atoms with Gasteiger partial charge < -0.3 is 9.16 Å². The van der Waals surface area contributed by atoms with Crippen LogP contribution in [0.4, 0.5) is 0 Å². The minimum Gasteiger partial charge on any atom is -0.462 e. The van der Waals surface area contributed by atoms with E-state index < -0.39 is 8.32 Å². The molecule has 0 saturated heterocycles. The van der Waals surface area contributed by atoms with Gasteiger partial charge in [-0.25, -0.2) is 4.79 Å². The molecule has 23 heavy (non-hydrogen) atoms. The van der Waals surface area contributed by atoms with E-state index in [1.54, 1.807) is 12.1 Å². The third-order valence-electron chi connectivity index (χ3n) is 4.73. The molecule has 0 spiro atoms. The normalized spacial score (nSPS) is 13.7. The lowest BCUT2D eigenvalue weighted by molar-refractivity contribution is 0.0481. The Bertz CT molecular complexity index is 477. The molecular formula is C19H32O3Si. The number of hydrogen-bond acceptors (Lipinski definition) is 3. The van der Waals surface area contributed by atoms with E-state index in [1.165, 1.54) is 0 Å². The Balaban J connectivity index is 2.23. The summed E-state index contributed by atoms with van der Waals surface area (Å²) in [7, 11) is -1.65. The first-order chi connectivity index (χ1) is 10.6. The largest absolute Gasteiger partial charge is 0.462 e. The fourth-order valence-electron chi connectivity index (χ4n) is 1.89. The molecule has 0 aliphatic carbocycles. The maximum absolute atomic E-state index is 11.8. The Morgan fingerprint density at radius 3 is 2.22 bits per heavy atom. The second-order valence-corrected chi connectivity index (χ2v) is 12.6. The van der Waals surface area contributed by atoms with Crippen molar-refractivity contribution >= 4 is 14.3 Å². The van der Waals surface area contributed by atoms with E-state index >= 15 is 0 Å². The van der Waals surface area contributed by atoms with Gasteiger partial charge in [0.1, 0.15) is 0 Å². The fraction of sp³-hybridized carbons (Fsp3) is 0.632. The summed E-state index contributed by atoms with van der Waals surface area (Å²) < 4.78 is 11.5. The van der Waals surface area contributed by atoms with Crippen LogP contribution >= 0.6 is 0 Å². The second kappa shape index (κ2) is 8.64. The van der Waals surface area contributed by atoms with Crippen LogP contribution in [-0.4, -0.2) is 27.5 Å². The molecule has 1 atom stereocenters. The zero-order valence-corrected chi connectivity index (χ0v) is 16.5. The summed E-state index contributed by atoms with van der Waals surface area (Å²) in [4.78, 5) is 11.8. The number of esters is 1. The van der Waals surface area contributed by atoms with Gasteiger partial charge in [0.2, 0.25) is 0 Å². The van der Waals surface area contributed by atoms with Crippen molar-refractivity contribution in [2.24, 2.45) is 5.92 Å². The van der Waals surface area contributed by atoms with Gasteiger partial charge in [-0.1, -0.05) is 45.9 Å². The molecule has 0 bridgehead atoms. The first-order valence-corrected chi connectivity index (χ1v) is 11.4. The van der Waals surface area contributed by atoms with E-state index in [0.717, 1.165) is 19.4 Å². The van der Waals surface area contributed by atoms with Crippen LogP contribution in [0.15, 0.2) is 30.3 Å². The summed E-state index contributed by atoms with van der Waals surface area (Å²) in [5.74, 6) is 0.249. The van der Waals surface area contributed by atoms with Gasteiger partial charge in [-0.15, -0.1) is 0 Å². The molecule has 1 rings (SSSR count). The molecule has 0 N–H and O–H groups in total. The summed E-state index contributed by atoms with van der Waals surface area (Å²) in [6.45, 7) is 14.8. The minimum absolute atomic E-state index is 0.240. The maximum atomic E-state index is 11.8. The standard InChI is InChI=1S/C19H32O3Si/c1-16(13-15-22-23(5,6)19(2,3)4)12-14-21-18(20)17-10-8-7-9-11-17/h7-11,16H,12-15H2,1-6H3. The first-order valence-electron chi connectivity index (χ1n) is 8.49. The lowest BCUT2D eigenvalue weighted by Crippen LogP contribution is -2.41. The van der Waals surface area contributed by atoms with Crippen molar-refractivity contribution in [3.8, 4) is 0 Å². The van der Waals surface area contributed by atoms with Crippen molar-refractivity contribution in [3.05, 3.63) is 35.9 Å². The lowest BCUT2D eigenvalue weighted by Gasteiger charge is -2.36. The third-order valence-corrected chi connectivity index (χ3v) is 9.27. The van der Waals surface area contributed by atoms with Crippen LogP contribution in [-0.2, 0) is 9.16 Å². The number of benzene rings is 1. The van der Waals surface area contributed by atoms with E-state index in [1.807, 2.05) is 18.2 Å². The van der Waals surface area contributed by atoms with Crippen LogP contribution < -0.4 is 0 Å². The molecule has 0 amide bonds. The molecule has 4 heteroatoms. The summed E-state index contributed by atoms with van der Waals surface area (Å²) >= 11 is 0. The predicted octanol–water partition coefficient (Wildman–Crippen LogP) is 5.28. The molecule has 0 aromatic heterocycles. The molecule has 0 aliphatic rings. The highest BCUT2D eigenvalue weighted by atomic mass is 28.4. The third kappa shape index (κ3) is 6.88. The van der Waals surface area contributed by atoms with Crippen molar-refractivity contribution in [3.63, 3.8) is 0 Å². The molecule has 0 heterocycles.